The molecule has 0 aliphatic carbocycles. The monoisotopic (exact) mass is 245 g/mol. The molecule has 0 bridgehead atoms. The minimum Gasteiger partial charge on any atom is -0.332 e. The van der Waals surface area contributed by atoms with Gasteiger partial charge in [0.1, 0.15) is 5.82 Å². The highest BCUT2D eigenvalue weighted by molar-refractivity contribution is 7.89. The Kier molecular flexibility index (Phi) is 4.09. The van der Waals surface area contributed by atoms with Crippen molar-refractivity contribution in [2.24, 2.45) is 11.8 Å². The molecule has 1 atom stereocenters. The molecule has 1 rings (SSSR count). The second-order valence-electron chi connectivity index (χ2n) is 4.41. The fourth-order valence-electron chi connectivity index (χ4n) is 1.09. The number of rotatable bonds is 5. The minimum absolute atomic E-state index is 0.126. The number of hydrogen-bond donors (Lipinski definition) is 2. The van der Waals surface area contributed by atoms with Crippen molar-refractivity contribution in [1.82, 2.24) is 14.7 Å². The predicted octanol–water partition coefficient (Wildman–Crippen LogP) is 1.29. The summed E-state index contributed by atoms with van der Waals surface area (Å²) < 4.78 is 26.2. The normalized spacial score (nSPS) is 14.3. The molecule has 2 N–H and O–H groups in total. The molecule has 0 saturated carbocycles. The molecular formula is C10H19N3O2S. The fourth-order valence-corrected chi connectivity index (χ4v) is 2.20. The van der Waals surface area contributed by atoms with E-state index in [4.69, 9.17) is 0 Å². The molecular weight excluding hydrogens is 226 g/mol. The summed E-state index contributed by atoms with van der Waals surface area (Å²) in [4.78, 5) is 6.58. The van der Waals surface area contributed by atoms with Gasteiger partial charge in [0, 0.05) is 6.54 Å². The van der Waals surface area contributed by atoms with E-state index in [1.807, 2.05) is 6.92 Å². The lowest BCUT2D eigenvalue weighted by molar-refractivity contribution is 0.414. The summed E-state index contributed by atoms with van der Waals surface area (Å²) in [5, 5.41) is 0.126. The molecule has 0 fully saturated rings. The number of nitrogens with one attached hydrogen (secondary N) is 2. The van der Waals surface area contributed by atoms with Gasteiger partial charge >= 0.3 is 0 Å². The van der Waals surface area contributed by atoms with Gasteiger partial charge < -0.3 is 4.98 Å². The Labute approximate surface area is 96.7 Å². The molecule has 0 aromatic carbocycles. The van der Waals surface area contributed by atoms with Crippen LogP contribution in [0.2, 0.25) is 0 Å². The van der Waals surface area contributed by atoms with E-state index in [1.165, 1.54) is 6.20 Å². The quantitative estimate of drug-likeness (QED) is 0.820. The van der Waals surface area contributed by atoms with E-state index < -0.39 is 10.0 Å². The number of aromatic nitrogens is 2. The van der Waals surface area contributed by atoms with Crippen LogP contribution in [0.25, 0.3) is 0 Å². The van der Waals surface area contributed by atoms with Crippen molar-refractivity contribution in [3.05, 3.63) is 12.0 Å². The molecule has 0 spiro atoms. The lowest BCUT2D eigenvalue weighted by Gasteiger charge is -2.15. The number of imidazole rings is 1. The van der Waals surface area contributed by atoms with Crippen LogP contribution < -0.4 is 4.72 Å². The Morgan fingerprint density at radius 3 is 2.50 bits per heavy atom. The van der Waals surface area contributed by atoms with Crippen molar-refractivity contribution in [1.29, 1.82) is 0 Å². The maximum Gasteiger partial charge on any atom is 0.257 e. The first-order valence-electron chi connectivity index (χ1n) is 5.34. The molecule has 1 aromatic heterocycles. The zero-order valence-electron chi connectivity index (χ0n) is 10.1. The van der Waals surface area contributed by atoms with Gasteiger partial charge in [-0.3, -0.25) is 0 Å². The highest BCUT2D eigenvalue weighted by Crippen LogP contribution is 2.10. The summed E-state index contributed by atoms with van der Waals surface area (Å²) in [5.41, 5.74) is 0. The second kappa shape index (κ2) is 4.97. The molecule has 0 aliphatic rings. The summed E-state index contributed by atoms with van der Waals surface area (Å²) in [5.74, 6) is 1.35. The topological polar surface area (TPSA) is 74.8 Å². The largest absolute Gasteiger partial charge is 0.332 e. The van der Waals surface area contributed by atoms with Gasteiger partial charge in [0.2, 0.25) is 0 Å². The van der Waals surface area contributed by atoms with Crippen LogP contribution in [-0.4, -0.2) is 24.9 Å². The van der Waals surface area contributed by atoms with Gasteiger partial charge in [-0.05, 0) is 18.8 Å². The average Bonchev–Trinajstić information content (AvgIpc) is 2.61. The Morgan fingerprint density at radius 2 is 2.06 bits per heavy atom. The molecule has 0 amide bonds. The molecule has 5 nitrogen and oxygen atoms in total. The first kappa shape index (κ1) is 13.2. The molecule has 6 heteroatoms. The second-order valence-corrected chi connectivity index (χ2v) is 6.14. The molecule has 1 aromatic rings. The standard InChI is InChI=1S/C10H19N3O2S/c1-7(2)8(3)5-12-16(14,15)10-6-11-9(4)13-10/h6-8,12H,5H2,1-4H3,(H,11,13). The van der Waals surface area contributed by atoms with Gasteiger partial charge in [-0.15, -0.1) is 0 Å². The van der Waals surface area contributed by atoms with Gasteiger partial charge in [0.05, 0.1) is 6.20 Å². The van der Waals surface area contributed by atoms with Crippen LogP contribution >= 0.6 is 0 Å². The summed E-state index contributed by atoms with van der Waals surface area (Å²) >= 11 is 0. The molecule has 16 heavy (non-hydrogen) atoms. The van der Waals surface area contributed by atoms with Gasteiger partial charge in [0.15, 0.2) is 5.03 Å². The molecule has 0 radical (unpaired) electrons. The van der Waals surface area contributed by atoms with E-state index in [9.17, 15) is 8.42 Å². The molecule has 0 aliphatic heterocycles. The average molecular weight is 245 g/mol. The minimum atomic E-state index is -3.44. The van der Waals surface area contributed by atoms with E-state index >= 15 is 0 Å². The van der Waals surface area contributed by atoms with Gasteiger partial charge in [-0.2, -0.15) is 0 Å². The first-order valence-corrected chi connectivity index (χ1v) is 6.82. The Morgan fingerprint density at radius 1 is 1.44 bits per heavy atom. The number of aryl methyl sites for hydroxylation is 1. The van der Waals surface area contributed by atoms with E-state index in [1.54, 1.807) is 6.92 Å². The molecule has 1 unspecified atom stereocenters. The van der Waals surface area contributed by atoms with E-state index in [-0.39, 0.29) is 5.03 Å². The Bertz CT molecular complexity index is 437. The predicted molar refractivity (Wildman–Crippen MR) is 62.5 cm³/mol. The van der Waals surface area contributed by atoms with Crippen LogP contribution in [0.1, 0.15) is 26.6 Å². The van der Waals surface area contributed by atoms with E-state index in [2.05, 4.69) is 28.5 Å². The zero-order valence-corrected chi connectivity index (χ0v) is 10.9. The van der Waals surface area contributed by atoms with E-state index in [0.717, 1.165) is 0 Å². The molecule has 1 heterocycles. The van der Waals surface area contributed by atoms with Crippen molar-refractivity contribution in [3.8, 4) is 0 Å². The SMILES string of the molecule is Cc1ncc(S(=O)(=O)NCC(C)C(C)C)[nH]1. The van der Waals surface area contributed by atoms with Crippen molar-refractivity contribution in [3.63, 3.8) is 0 Å². The van der Waals surface area contributed by atoms with Crippen molar-refractivity contribution >= 4 is 10.0 Å². The third-order valence-electron chi connectivity index (χ3n) is 2.70. The molecule has 92 valence electrons. The number of aromatic amines is 1. The number of sulfonamides is 1. The summed E-state index contributed by atoms with van der Waals surface area (Å²) in [6.07, 6.45) is 1.33. The highest BCUT2D eigenvalue weighted by Gasteiger charge is 2.18. The van der Waals surface area contributed by atoms with Crippen LogP contribution in [0.5, 0.6) is 0 Å². The highest BCUT2D eigenvalue weighted by atomic mass is 32.2. The van der Waals surface area contributed by atoms with Crippen LogP contribution in [0.3, 0.4) is 0 Å². The van der Waals surface area contributed by atoms with Crippen molar-refractivity contribution in [2.45, 2.75) is 32.7 Å². The van der Waals surface area contributed by atoms with Gasteiger partial charge in [-0.1, -0.05) is 20.8 Å². The van der Waals surface area contributed by atoms with Crippen LogP contribution in [0, 0.1) is 18.8 Å². The maximum atomic E-state index is 11.8. The number of H-pyrrole nitrogens is 1. The van der Waals surface area contributed by atoms with Crippen LogP contribution in [0.15, 0.2) is 11.2 Å². The van der Waals surface area contributed by atoms with Crippen LogP contribution in [0.4, 0.5) is 0 Å². The molecule has 0 saturated heterocycles. The fraction of sp³-hybridized carbons (Fsp3) is 0.700. The third-order valence-corrected chi connectivity index (χ3v) is 4.04. The number of nitrogens with zero attached hydrogens (tertiary/aromatic N) is 1. The lowest BCUT2D eigenvalue weighted by Crippen LogP contribution is -2.30. The van der Waals surface area contributed by atoms with Crippen molar-refractivity contribution < 1.29 is 8.42 Å². The summed E-state index contributed by atoms with van der Waals surface area (Å²) in [7, 11) is -3.44. The zero-order chi connectivity index (χ0) is 12.3. The van der Waals surface area contributed by atoms with Crippen molar-refractivity contribution in [2.75, 3.05) is 6.54 Å². The summed E-state index contributed by atoms with van der Waals surface area (Å²) in [6, 6.07) is 0. The van der Waals surface area contributed by atoms with Crippen LogP contribution in [-0.2, 0) is 10.0 Å². The summed E-state index contributed by atoms with van der Waals surface area (Å²) in [6.45, 7) is 8.32. The Balaban J connectivity index is 2.67. The van der Waals surface area contributed by atoms with E-state index in [0.29, 0.717) is 24.2 Å². The third kappa shape index (κ3) is 3.31. The first-order chi connectivity index (χ1) is 7.33. The smallest absolute Gasteiger partial charge is 0.257 e. The maximum absolute atomic E-state index is 11.8. The number of hydrogen-bond acceptors (Lipinski definition) is 3. The van der Waals surface area contributed by atoms with Gasteiger partial charge in [0.25, 0.3) is 10.0 Å². The lowest BCUT2D eigenvalue weighted by atomic mass is 9.99. The van der Waals surface area contributed by atoms with Gasteiger partial charge in [-0.25, -0.2) is 18.1 Å². The Hall–Kier alpha value is -0.880.